The summed E-state index contributed by atoms with van der Waals surface area (Å²) in [6.07, 6.45) is 6.53. The van der Waals surface area contributed by atoms with Gasteiger partial charge in [0.2, 0.25) is 11.8 Å². The Morgan fingerprint density at radius 3 is 2.42 bits per heavy atom. The summed E-state index contributed by atoms with van der Waals surface area (Å²) in [5.74, 6) is 1.24. The number of piperidine rings is 1. The van der Waals surface area contributed by atoms with E-state index in [1.165, 1.54) is 0 Å². The number of hydrogen-bond acceptors (Lipinski definition) is 2. The molecule has 4 heteroatoms. The van der Waals surface area contributed by atoms with E-state index in [2.05, 4.69) is 6.58 Å². The smallest absolute Gasteiger partial charge is 0.225 e. The van der Waals surface area contributed by atoms with E-state index in [4.69, 9.17) is 0 Å². The lowest BCUT2D eigenvalue weighted by Crippen LogP contribution is -2.47. The minimum absolute atomic E-state index is 0.261. The predicted molar refractivity (Wildman–Crippen MR) is 72.3 cm³/mol. The van der Waals surface area contributed by atoms with E-state index in [0.29, 0.717) is 30.2 Å². The highest BCUT2D eigenvalue weighted by atomic mass is 16.2. The van der Waals surface area contributed by atoms with Crippen molar-refractivity contribution in [2.75, 3.05) is 19.6 Å². The minimum atomic E-state index is 0.261. The van der Waals surface area contributed by atoms with Crippen molar-refractivity contribution in [3.05, 3.63) is 12.7 Å². The molecule has 0 radical (unpaired) electrons. The molecule has 2 heterocycles. The van der Waals surface area contributed by atoms with Crippen LogP contribution >= 0.6 is 0 Å². The second-order valence-corrected chi connectivity index (χ2v) is 6.08. The van der Waals surface area contributed by atoms with Gasteiger partial charge in [0.15, 0.2) is 0 Å². The highest BCUT2D eigenvalue weighted by Gasteiger charge is 2.38. The fraction of sp³-hybridized carbons (Fsp3) is 0.733. The highest BCUT2D eigenvalue weighted by Crippen LogP contribution is 2.33. The van der Waals surface area contributed by atoms with Crippen molar-refractivity contribution in [1.82, 2.24) is 9.80 Å². The molecule has 3 fully saturated rings. The first kappa shape index (κ1) is 12.7. The first-order valence-electron chi connectivity index (χ1n) is 7.40. The predicted octanol–water partition coefficient (Wildman–Crippen LogP) is 1.42. The molecule has 2 amide bonds. The first-order chi connectivity index (χ1) is 9.19. The summed E-state index contributed by atoms with van der Waals surface area (Å²) in [5.41, 5.74) is 0. The molecule has 3 rings (SSSR count). The molecule has 1 unspecified atom stereocenters. The van der Waals surface area contributed by atoms with Gasteiger partial charge in [0.25, 0.3) is 0 Å². The van der Waals surface area contributed by atoms with E-state index in [9.17, 15) is 9.59 Å². The summed E-state index contributed by atoms with van der Waals surface area (Å²) < 4.78 is 0. The van der Waals surface area contributed by atoms with Crippen molar-refractivity contribution >= 4 is 11.8 Å². The summed E-state index contributed by atoms with van der Waals surface area (Å²) in [6, 6.07) is 0.334. The maximum Gasteiger partial charge on any atom is 0.225 e. The number of amides is 2. The topological polar surface area (TPSA) is 40.6 Å². The van der Waals surface area contributed by atoms with Gasteiger partial charge >= 0.3 is 0 Å². The Morgan fingerprint density at radius 1 is 1.21 bits per heavy atom. The number of rotatable bonds is 3. The van der Waals surface area contributed by atoms with Crippen LogP contribution in [0.5, 0.6) is 0 Å². The van der Waals surface area contributed by atoms with Crippen molar-refractivity contribution in [2.24, 2.45) is 11.8 Å². The van der Waals surface area contributed by atoms with Crippen molar-refractivity contribution in [3.63, 3.8) is 0 Å². The third-order valence-electron chi connectivity index (χ3n) is 4.67. The van der Waals surface area contributed by atoms with E-state index in [1.54, 1.807) is 0 Å². The van der Waals surface area contributed by atoms with Gasteiger partial charge in [-0.25, -0.2) is 0 Å². The zero-order chi connectivity index (χ0) is 13.4. The van der Waals surface area contributed by atoms with Crippen molar-refractivity contribution < 1.29 is 9.59 Å². The summed E-state index contributed by atoms with van der Waals surface area (Å²) in [4.78, 5) is 28.0. The second kappa shape index (κ2) is 4.99. The summed E-state index contributed by atoms with van der Waals surface area (Å²) in [6.45, 7) is 6.25. The number of likely N-dealkylation sites (tertiary alicyclic amines) is 2. The fourth-order valence-corrected chi connectivity index (χ4v) is 3.26. The summed E-state index contributed by atoms with van der Waals surface area (Å²) >= 11 is 0. The van der Waals surface area contributed by atoms with E-state index in [0.717, 1.165) is 45.3 Å². The Hall–Kier alpha value is -1.32. The van der Waals surface area contributed by atoms with Crippen LogP contribution in [0.4, 0.5) is 0 Å². The Labute approximate surface area is 114 Å². The molecular formula is C15H22N2O2. The van der Waals surface area contributed by atoms with E-state index < -0.39 is 0 Å². The molecule has 104 valence electrons. The standard InChI is InChI=1S/C15H22N2O2/c1-2-11-9-14(18)17(10-11)13-5-7-16(8-6-13)15(19)12-3-4-12/h2,11-13H,1,3-10H2. The molecular weight excluding hydrogens is 240 g/mol. The second-order valence-electron chi connectivity index (χ2n) is 6.08. The van der Waals surface area contributed by atoms with Gasteiger partial charge in [0, 0.05) is 43.9 Å². The van der Waals surface area contributed by atoms with Gasteiger partial charge in [-0.3, -0.25) is 9.59 Å². The van der Waals surface area contributed by atoms with Gasteiger partial charge in [-0.1, -0.05) is 6.08 Å². The molecule has 0 aromatic rings. The molecule has 0 bridgehead atoms. The van der Waals surface area contributed by atoms with Gasteiger partial charge in [-0.15, -0.1) is 6.58 Å². The lowest BCUT2D eigenvalue weighted by molar-refractivity contribution is -0.135. The molecule has 1 aliphatic carbocycles. The molecule has 1 saturated carbocycles. The van der Waals surface area contributed by atoms with Crippen LogP contribution in [0.2, 0.25) is 0 Å². The molecule has 1 atom stereocenters. The van der Waals surface area contributed by atoms with Gasteiger partial charge in [-0.05, 0) is 25.7 Å². The zero-order valence-corrected chi connectivity index (χ0v) is 11.4. The molecule has 2 aliphatic heterocycles. The summed E-state index contributed by atoms with van der Waals surface area (Å²) in [5, 5.41) is 0. The Morgan fingerprint density at radius 2 is 1.89 bits per heavy atom. The Kier molecular flexibility index (Phi) is 3.33. The molecule has 3 aliphatic rings. The third-order valence-corrected chi connectivity index (χ3v) is 4.67. The lowest BCUT2D eigenvalue weighted by Gasteiger charge is -2.37. The number of carbonyl (C=O) groups is 2. The monoisotopic (exact) mass is 262 g/mol. The van der Waals surface area contributed by atoms with E-state index in [-0.39, 0.29) is 5.91 Å². The van der Waals surface area contributed by atoms with Crippen LogP contribution in [-0.2, 0) is 9.59 Å². The van der Waals surface area contributed by atoms with Crippen LogP contribution in [0.3, 0.4) is 0 Å². The SMILES string of the molecule is C=CC1CC(=O)N(C2CCN(C(=O)C3CC3)CC2)C1. The van der Waals surface area contributed by atoms with Crippen molar-refractivity contribution in [2.45, 2.75) is 38.1 Å². The zero-order valence-electron chi connectivity index (χ0n) is 11.4. The average molecular weight is 262 g/mol. The molecule has 2 saturated heterocycles. The molecule has 0 spiro atoms. The molecule has 0 N–H and O–H groups in total. The third kappa shape index (κ3) is 2.53. The van der Waals surface area contributed by atoms with Crippen LogP contribution in [0.25, 0.3) is 0 Å². The fourth-order valence-electron chi connectivity index (χ4n) is 3.26. The molecule has 0 aromatic carbocycles. The Bertz CT molecular complexity index is 395. The first-order valence-corrected chi connectivity index (χ1v) is 7.40. The van der Waals surface area contributed by atoms with Gasteiger partial charge in [0.1, 0.15) is 0 Å². The number of carbonyl (C=O) groups excluding carboxylic acids is 2. The van der Waals surface area contributed by atoms with Crippen LogP contribution < -0.4 is 0 Å². The van der Waals surface area contributed by atoms with Crippen LogP contribution in [-0.4, -0.2) is 47.3 Å². The van der Waals surface area contributed by atoms with Gasteiger partial charge < -0.3 is 9.80 Å². The molecule has 19 heavy (non-hydrogen) atoms. The maximum absolute atomic E-state index is 12.0. The molecule has 0 aromatic heterocycles. The van der Waals surface area contributed by atoms with Crippen LogP contribution in [0.1, 0.15) is 32.1 Å². The average Bonchev–Trinajstić information content (AvgIpc) is 3.21. The largest absolute Gasteiger partial charge is 0.342 e. The number of nitrogens with zero attached hydrogens (tertiary/aromatic N) is 2. The maximum atomic E-state index is 12.0. The lowest BCUT2D eigenvalue weighted by atomic mass is 10.0. The number of hydrogen-bond donors (Lipinski definition) is 0. The van der Waals surface area contributed by atoms with E-state index in [1.807, 2.05) is 15.9 Å². The van der Waals surface area contributed by atoms with Crippen LogP contribution in [0.15, 0.2) is 12.7 Å². The van der Waals surface area contributed by atoms with Crippen molar-refractivity contribution in [3.8, 4) is 0 Å². The van der Waals surface area contributed by atoms with E-state index >= 15 is 0 Å². The summed E-state index contributed by atoms with van der Waals surface area (Å²) in [7, 11) is 0. The highest BCUT2D eigenvalue weighted by molar-refractivity contribution is 5.81. The van der Waals surface area contributed by atoms with Gasteiger partial charge in [0.05, 0.1) is 0 Å². The minimum Gasteiger partial charge on any atom is -0.342 e. The van der Waals surface area contributed by atoms with Crippen LogP contribution in [0, 0.1) is 11.8 Å². The van der Waals surface area contributed by atoms with Gasteiger partial charge in [-0.2, -0.15) is 0 Å². The van der Waals surface area contributed by atoms with Crippen molar-refractivity contribution in [1.29, 1.82) is 0 Å². The molecule has 4 nitrogen and oxygen atoms in total. The quantitative estimate of drug-likeness (QED) is 0.722. The Balaban J connectivity index is 1.53. The normalized spacial score (nSPS) is 28.8.